The van der Waals surface area contributed by atoms with Crippen LogP contribution < -0.4 is 14.8 Å². The molecule has 1 aromatic carbocycles. The summed E-state index contributed by atoms with van der Waals surface area (Å²) in [5.41, 5.74) is 1.61. The molecule has 0 amide bonds. The minimum Gasteiger partial charge on any atom is -0.493 e. The third kappa shape index (κ3) is 4.32. The number of methoxy groups -OCH3 is 2. The first-order chi connectivity index (χ1) is 12.2. The largest absolute Gasteiger partial charge is 0.493 e. The van der Waals surface area contributed by atoms with E-state index in [0.29, 0.717) is 46.7 Å². The van der Waals surface area contributed by atoms with Gasteiger partial charge >= 0.3 is 0 Å². The molecule has 0 saturated heterocycles. The van der Waals surface area contributed by atoms with E-state index in [1.807, 2.05) is 12.3 Å². The molecule has 0 fully saturated rings. The van der Waals surface area contributed by atoms with Crippen LogP contribution >= 0.6 is 11.8 Å². The van der Waals surface area contributed by atoms with Crippen molar-refractivity contribution in [3.63, 3.8) is 0 Å². The zero-order chi connectivity index (χ0) is 18.2. The van der Waals surface area contributed by atoms with Crippen molar-refractivity contribution < 1.29 is 14.6 Å². The highest BCUT2D eigenvalue weighted by molar-refractivity contribution is 7.98. The van der Waals surface area contributed by atoms with Crippen LogP contribution in [0.25, 0.3) is 11.3 Å². The highest BCUT2D eigenvalue weighted by Crippen LogP contribution is 2.34. The predicted molar refractivity (Wildman–Crippen MR) is 97.3 cm³/mol. The normalized spacial score (nSPS) is 10.2. The lowest BCUT2D eigenvalue weighted by Gasteiger charge is -2.13. The summed E-state index contributed by atoms with van der Waals surface area (Å²) in [5, 5.41) is 22.2. The van der Waals surface area contributed by atoms with Crippen LogP contribution in [0, 0.1) is 11.3 Å². The number of nitriles is 1. The molecule has 0 aliphatic carbocycles. The summed E-state index contributed by atoms with van der Waals surface area (Å²) in [6.07, 6.45) is 2.44. The number of ether oxygens (including phenoxy) is 2. The van der Waals surface area contributed by atoms with Gasteiger partial charge in [-0.15, -0.1) is 0 Å². The Bertz CT molecular complexity index is 777. The van der Waals surface area contributed by atoms with E-state index in [-0.39, 0.29) is 6.61 Å². The summed E-state index contributed by atoms with van der Waals surface area (Å²) in [7, 11) is 3.12. The topological polar surface area (TPSA) is 100 Å². The van der Waals surface area contributed by atoms with Crippen LogP contribution in [0.3, 0.4) is 0 Å². The lowest BCUT2D eigenvalue weighted by atomic mass is 10.1. The molecule has 0 spiro atoms. The molecule has 2 aromatic rings. The second-order valence-corrected chi connectivity index (χ2v) is 5.74. The van der Waals surface area contributed by atoms with Gasteiger partial charge in [0.15, 0.2) is 16.7 Å². The number of nitrogens with zero attached hydrogens (tertiary/aromatic N) is 3. The van der Waals surface area contributed by atoms with E-state index in [0.717, 1.165) is 5.56 Å². The third-order valence-electron chi connectivity index (χ3n) is 3.47. The molecule has 0 radical (unpaired) electrons. The van der Waals surface area contributed by atoms with Crippen molar-refractivity contribution in [2.24, 2.45) is 0 Å². The first-order valence-electron chi connectivity index (χ1n) is 7.61. The maximum absolute atomic E-state index is 9.63. The number of hydrogen-bond donors (Lipinski definition) is 2. The Morgan fingerprint density at radius 2 is 2.00 bits per heavy atom. The average Bonchev–Trinajstić information content (AvgIpc) is 2.66. The molecular formula is C17H20N4O3S. The first kappa shape index (κ1) is 18.8. The Morgan fingerprint density at radius 3 is 2.60 bits per heavy atom. The van der Waals surface area contributed by atoms with E-state index in [2.05, 4.69) is 21.4 Å². The lowest BCUT2D eigenvalue weighted by Crippen LogP contribution is -2.09. The number of anilines is 1. The van der Waals surface area contributed by atoms with Crippen LogP contribution in [0.1, 0.15) is 12.0 Å². The Hall–Kier alpha value is -2.50. The summed E-state index contributed by atoms with van der Waals surface area (Å²) < 4.78 is 10.6. The number of benzene rings is 1. The van der Waals surface area contributed by atoms with Crippen molar-refractivity contribution in [3.8, 4) is 28.8 Å². The molecule has 0 aliphatic heterocycles. The number of aromatic nitrogens is 2. The Kier molecular flexibility index (Phi) is 6.86. The van der Waals surface area contributed by atoms with Crippen molar-refractivity contribution in [3.05, 3.63) is 23.8 Å². The standard InChI is InChI=1S/C17H20N4O3S/c1-23-13-6-5-11(9-14(13)24-2)15-12(10-18)16(19-7-4-8-22)21-17(20-15)25-3/h5-6,9,22H,4,7-8H2,1-3H3,(H,19,20,21). The lowest BCUT2D eigenvalue weighted by molar-refractivity contribution is 0.292. The van der Waals surface area contributed by atoms with E-state index < -0.39 is 0 Å². The summed E-state index contributed by atoms with van der Waals surface area (Å²) in [6.45, 7) is 0.583. The SMILES string of the molecule is COc1ccc(-c2nc(SC)nc(NCCCO)c2C#N)cc1OC. The molecule has 2 N–H and O–H groups in total. The van der Waals surface area contributed by atoms with E-state index in [9.17, 15) is 5.26 Å². The number of rotatable bonds is 8. The quantitative estimate of drug-likeness (QED) is 0.421. The predicted octanol–water partition coefficient (Wildman–Crippen LogP) is 2.55. The van der Waals surface area contributed by atoms with Crippen molar-refractivity contribution in [2.75, 3.05) is 38.9 Å². The minimum absolute atomic E-state index is 0.0674. The highest BCUT2D eigenvalue weighted by atomic mass is 32.2. The van der Waals surface area contributed by atoms with Gasteiger partial charge in [-0.1, -0.05) is 11.8 Å². The number of aliphatic hydroxyl groups is 1. The van der Waals surface area contributed by atoms with Gasteiger partial charge in [-0.25, -0.2) is 9.97 Å². The van der Waals surface area contributed by atoms with Gasteiger partial charge in [-0.05, 0) is 30.9 Å². The van der Waals surface area contributed by atoms with Crippen LogP contribution in [0.4, 0.5) is 5.82 Å². The first-order valence-corrected chi connectivity index (χ1v) is 8.84. The van der Waals surface area contributed by atoms with Gasteiger partial charge in [0, 0.05) is 18.7 Å². The van der Waals surface area contributed by atoms with E-state index >= 15 is 0 Å². The molecule has 2 rings (SSSR count). The zero-order valence-electron chi connectivity index (χ0n) is 14.4. The van der Waals surface area contributed by atoms with E-state index in [4.69, 9.17) is 14.6 Å². The van der Waals surface area contributed by atoms with Crippen molar-refractivity contribution in [1.82, 2.24) is 9.97 Å². The fourth-order valence-electron chi connectivity index (χ4n) is 2.24. The van der Waals surface area contributed by atoms with Crippen LogP contribution in [-0.4, -0.2) is 48.7 Å². The summed E-state index contributed by atoms with van der Waals surface area (Å²) >= 11 is 1.39. The number of aliphatic hydroxyl groups excluding tert-OH is 1. The van der Waals surface area contributed by atoms with Crippen LogP contribution in [0.2, 0.25) is 0 Å². The van der Waals surface area contributed by atoms with Gasteiger partial charge in [0.05, 0.1) is 19.9 Å². The molecule has 0 bridgehead atoms. The second kappa shape index (κ2) is 9.11. The van der Waals surface area contributed by atoms with Gasteiger partial charge in [-0.2, -0.15) is 5.26 Å². The van der Waals surface area contributed by atoms with Gasteiger partial charge in [-0.3, -0.25) is 0 Å². The molecule has 7 nitrogen and oxygen atoms in total. The fraction of sp³-hybridized carbons (Fsp3) is 0.353. The molecule has 0 aliphatic rings. The average molecular weight is 360 g/mol. The highest BCUT2D eigenvalue weighted by Gasteiger charge is 2.17. The fourth-order valence-corrected chi connectivity index (χ4v) is 2.61. The molecule has 132 valence electrons. The summed E-state index contributed by atoms with van der Waals surface area (Å²) in [4.78, 5) is 8.87. The maximum atomic E-state index is 9.63. The Balaban J connectivity index is 2.56. The molecule has 25 heavy (non-hydrogen) atoms. The number of thioether (sulfide) groups is 1. The van der Waals surface area contributed by atoms with Gasteiger partial charge in [0.2, 0.25) is 0 Å². The molecule has 0 saturated carbocycles. The minimum atomic E-state index is 0.0674. The van der Waals surface area contributed by atoms with E-state index in [1.54, 1.807) is 26.4 Å². The molecule has 8 heteroatoms. The third-order valence-corrected chi connectivity index (χ3v) is 4.01. The summed E-state index contributed by atoms with van der Waals surface area (Å²) in [6, 6.07) is 7.56. The molecular weight excluding hydrogens is 340 g/mol. The van der Waals surface area contributed by atoms with Crippen LogP contribution in [0.5, 0.6) is 11.5 Å². The van der Waals surface area contributed by atoms with Crippen molar-refractivity contribution in [1.29, 1.82) is 5.26 Å². The number of hydrogen-bond acceptors (Lipinski definition) is 8. The maximum Gasteiger partial charge on any atom is 0.189 e. The molecule has 1 aromatic heterocycles. The van der Waals surface area contributed by atoms with Crippen LogP contribution in [0.15, 0.2) is 23.4 Å². The van der Waals surface area contributed by atoms with Gasteiger partial charge in [0.1, 0.15) is 17.5 Å². The zero-order valence-corrected chi connectivity index (χ0v) is 15.2. The molecule has 0 unspecified atom stereocenters. The van der Waals surface area contributed by atoms with Gasteiger partial charge < -0.3 is 19.9 Å². The molecule has 1 heterocycles. The second-order valence-electron chi connectivity index (χ2n) is 4.97. The Morgan fingerprint density at radius 1 is 1.24 bits per heavy atom. The van der Waals surface area contributed by atoms with Gasteiger partial charge in [0.25, 0.3) is 0 Å². The van der Waals surface area contributed by atoms with Crippen LogP contribution in [-0.2, 0) is 0 Å². The number of nitrogens with one attached hydrogen (secondary N) is 1. The molecule has 0 atom stereocenters. The van der Waals surface area contributed by atoms with E-state index in [1.165, 1.54) is 11.8 Å². The monoisotopic (exact) mass is 360 g/mol. The van der Waals surface area contributed by atoms with Crippen molar-refractivity contribution >= 4 is 17.6 Å². The van der Waals surface area contributed by atoms with Crippen molar-refractivity contribution in [2.45, 2.75) is 11.6 Å². The smallest absolute Gasteiger partial charge is 0.189 e. The summed E-state index contributed by atoms with van der Waals surface area (Å²) in [5.74, 6) is 1.62. The Labute approximate surface area is 151 Å².